The number of carboxylic acids is 1. The van der Waals surface area contributed by atoms with Gasteiger partial charge in [-0.1, -0.05) is 0 Å². The summed E-state index contributed by atoms with van der Waals surface area (Å²) >= 11 is 5.37. The van der Waals surface area contributed by atoms with Crippen LogP contribution in [0, 0.1) is 0 Å². The number of hydrogen-bond acceptors (Lipinski definition) is 2. The summed E-state index contributed by atoms with van der Waals surface area (Å²) in [5.41, 5.74) is -2.93. The molecule has 0 atom stereocenters. The fourth-order valence-electron chi connectivity index (χ4n) is 1.16. The Morgan fingerprint density at radius 3 is 2.60 bits per heavy atom. The number of alkyl halides is 3. The van der Waals surface area contributed by atoms with Crippen molar-refractivity contribution in [1.82, 2.24) is 4.98 Å². The highest BCUT2D eigenvalue weighted by Crippen LogP contribution is 2.22. The minimum atomic E-state index is -3.15. The maximum absolute atomic E-state index is 12.4. The van der Waals surface area contributed by atoms with Crippen molar-refractivity contribution in [3.63, 3.8) is 0 Å². The van der Waals surface area contributed by atoms with Gasteiger partial charge in [0.1, 0.15) is 0 Å². The van der Waals surface area contributed by atoms with Crippen LogP contribution in [0.5, 0.6) is 0 Å². The Hall–Kier alpha value is -1.43. The fourth-order valence-corrected chi connectivity index (χ4v) is 1.37. The van der Waals surface area contributed by atoms with E-state index in [9.17, 15) is 18.4 Å². The van der Waals surface area contributed by atoms with E-state index in [1.807, 2.05) is 4.98 Å². The molecule has 0 saturated carbocycles. The number of halogens is 3. The number of carbonyl (C=O) groups is 1. The van der Waals surface area contributed by atoms with Crippen LogP contribution in [0.3, 0.4) is 0 Å². The van der Waals surface area contributed by atoms with Crippen LogP contribution in [0.25, 0.3) is 0 Å². The van der Waals surface area contributed by atoms with Crippen molar-refractivity contribution in [2.75, 3.05) is 0 Å². The molecule has 4 nitrogen and oxygen atoms in total. The number of aromatic nitrogens is 1. The van der Waals surface area contributed by atoms with Gasteiger partial charge in [-0.05, 0) is 5.56 Å². The van der Waals surface area contributed by atoms with Gasteiger partial charge in [-0.15, -0.1) is 11.6 Å². The predicted octanol–water partition coefficient (Wildman–Crippen LogP) is 1.75. The molecule has 0 radical (unpaired) electrons. The first kappa shape index (κ1) is 11.6. The summed E-state index contributed by atoms with van der Waals surface area (Å²) in [4.78, 5) is 23.7. The molecule has 2 N–H and O–H groups in total. The lowest BCUT2D eigenvalue weighted by molar-refractivity contribution is 0.0682. The third-order valence-electron chi connectivity index (χ3n) is 1.79. The molecule has 0 amide bonds. The van der Waals surface area contributed by atoms with Crippen LogP contribution in [0.4, 0.5) is 8.78 Å². The van der Waals surface area contributed by atoms with Crippen LogP contribution >= 0.6 is 11.6 Å². The van der Waals surface area contributed by atoms with Gasteiger partial charge in [-0.2, -0.15) is 0 Å². The largest absolute Gasteiger partial charge is 0.478 e. The highest BCUT2D eigenvalue weighted by molar-refractivity contribution is 6.17. The van der Waals surface area contributed by atoms with Gasteiger partial charge in [0.25, 0.3) is 12.0 Å². The molecule has 0 aliphatic carbocycles. The van der Waals surface area contributed by atoms with Gasteiger partial charge in [0.05, 0.1) is 11.1 Å². The number of H-pyrrole nitrogens is 1. The highest BCUT2D eigenvalue weighted by Gasteiger charge is 2.24. The van der Waals surface area contributed by atoms with Crippen LogP contribution < -0.4 is 5.56 Å². The number of pyridine rings is 1. The number of hydrogen-bond donors (Lipinski definition) is 2. The predicted molar refractivity (Wildman–Crippen MR) is 48.5 cm³/mol. The van der Waals surface area contributed by atoms with E-state index in [1.54, 1.807) is 0 Å². The smallest absolute Gasteiger partial charge is 0.336 e. The molecule has 0 unspecified atom stereocenters. The average Bonchev–Trinajstić information content (AvgIpc) is 2.16. The van der Waals surface area contributed by atoms with Crippen molar-refractivity contribution in [1.29, 1.82) is 0 Å². The molecule has 0 bridgehead atoms. The first-order valence-corrected chi connectivity index (χ1v) is 4.34. The summed E-state index contributed by atoms with van der Waals surface area (Å²) in [5.74, 6) is -1.86. The minimum Gasteiger partial charge on any atom is -0.478 e. The van der Waals surface area contributed by atoms with Gasteiger partial charge in [0.2, 0.25) is 0 Å². The first-order valence-electron chi connectivity index (χ1n) is 3.81. The third kappa shape index (κ3) is 2.15. The van der Waals surface area contributed by atoms with E-state index >= 15 is 0 Å². The van der Waals surface area contributed by atoms with Crippen LogP contribution in [-0.2, 0) is 5.88 Å². The molecule has 1 aromatic rings. The molecule has 1 rings (SSSR count). The number of aromatic amines is 1. The van der Waals surface area contributed by atoms with Crippen molar-refractivity contribution < 1.29 is 18.7 Å². The molecular weight excluding hydrogens is 232 g/mol. The molecule has 82 valence electrons. The molecule has 1 heterocycles. The maximum Gasteiger partial charge on any atom is 0.336 e. The van der Waals surface area contributed by atoms with Crippen LogP contribution in [0.2, 0.25) is 0 Å². The lowest BCUT2D eigenvalue weighted by atomic mass is 10.1. The monoisotopic (exact) mass is 237 g/mol. The molecule has 15 heavy (non-hydrogen) atoms. The average molecular weight is 238 g/mol. The van der Waals surface area contributed by atoms with Crippen LogP contribution in [0.1, 0.15) is 27.9 Å². The van der Waals surface area contributed by atoms with Crippen molar-refractivity contribution in [2.45, 2.75) is 12.3 Å². The molecule has 1 aromatic heterocycles. The van der Waals surface area contributed by atoms with Gasteiger partial charge in [0.15, 0.2) is 0 Å². The lowest BCUT2D eigenvalue weighted by Crippen LogP contribution is -2.20. The molecule has 0 spiro atoms. The number of aromatic carboxylic acids is 1. The normalized spacial score (nSPS) is 10.7. The summed E-state index contributed by atoms with van der Waals surface area (Å²) in [6.45, 7) is 0. The molecule has 7 heteroatoms. The highest BCUT2D eigenvalue weighted by atomic mass is 35.5. The van der Waals surface area contributed by atoms with Gasteiger partial charge in [-0.25, -0.2) is 13.6 Å². The van der Waals surface area contributed by atoms with E-state index in [0.717, 1.165) is 6.20 Å². The summed E-state index contributed by atoms with van der Waals surface area (Å²) < 4.78 is 24.9. The molecule has 0 aromatic carbocycles. The Morgan fingerprint density at radius 1 is 1.60 bits per heavy atom. The lowest BCUT2D eigenvalue weighted by Gasteiger charge is -2.07. The van der Waals surface area contributed by atoms with Gasteiger partial charge in [-0.3, -0.25) is 4.79 Å². The van der Waals surface area contributed by atoms with Crippen molar-refractivity contribution in [3.8, 4) is 0 Å². The quantitative estimate of drug-likeness (QED) is 0.787. The third-order valence-corrected chi connectivity index (χ3v) is 2.08. The second-order valence-corrected chi connectivity index (χ2v) is 2.94. The second kappa shape index (κ2) is 4.39. The minimum absolute atomic E-state index is 0.0425. The van der Waals surface area contributed by atoms with E-state index in [2.05, 4.69) is 0 Å². The Bertz CT molecular complexity index is 444. The van der Waals surface area contributed by atoms with E-state index in [-0.39, 0.29) is 11.4 Å². The van der Waals surface area contributed by atoms with Crippen LogP contribution in [0.15, 0.2) is 11.0 Å². The van der Waals surface area contributed by atoms with E-state index < -0.39 is 29.1 Å². The van der Waals surface area contributed by atoms with Crippen molar-refractivity contribution >= 4 is 17.6 Å². The molecule has 0 aliphatic rings. The topological polar surface area (TPSA) is 70.2 Å². The molecule has 0 fully saturated rings. The van der Waals surface area contributed by atoms with Crippen molar-refractivity contribution in [2.24, 2.45) is 0 Å². The van der Waals surface area contributed by atoms with Gasteiger partial charge >= 0.3 is 5.97 Å². The summed E-state index contributed by atoms with van der Waals surface area (Å²) in [6, 6.07) is 0. The Kier molecular flexibility index (Phi) is 3.41. The fraction of sp³-hybridized carbons (Fsp3) is 0.250. The molecular formula is C8H6ClF2NO3. The van der Waals surface area contributed by atoms with E-state index in [1.165, 1.54) is 0 Å². The zero-order valence-electron chi connectivity index (χ0n) is 7.26. The Balaban J connectivity index is 3.58. The first-order chi connectivity index (χ1) is 6.99. The zero-order chi connectivity index (χ0) is 11.6. The number of carboxylic acid groups (broad SMARTS) is 1. The Labute approximate surface area is 87.5 Å². The second-order valence-electron chi connectivity index (χ2n) is 2.67. The summed E-state index contributed by atoms with van der Waals surface area (Å²) in [5, 5.41) is 8.71. The maximum atomic E-state index is 12.4. The van der Waals surface area contributed by atoms with E-state index in [4.69, 9.17) is 16.7 Å². The zero-order valence-corrected chi connectivity index (χ0v) is 8.02. The van der Waals surface area contributed by atoms with Gasteiger partial charge in [0, 0.05) is 12.1 Å². The molecule has 0 saturated heterocycles. The number of nitrogens with one attached hydrogen (secondary N) is 1. The van der Waals surface area contributed by atoms with Crippen molar-refractivity contribution in [3.05, 3.63) is 33.2 Å². The SMILES string of the molecule is O=C(O)c1c(CCl)c[nH]c(=O)c1C(F)F. The summed E-state index contributed by atoms with van der Waals surface area (Å²) in [6.07, 6.45) is -2.13. The standard InChI is InChI=1S/C8H6ClF2NO3/c9-1-3-2-12-7(13)5(6(10)11)4(3)8(14)15/h2,6H,1H2,(H,12,13)(H,14,15). The summed E-state index contributed by atoms with van der Waals surface area (Å²) in [7, 11) is 0. The van der Waals surface area contributed by atoms with Gasteiger partial charge < -0.3 is 10.1 Å². The Morgan fingerprint density at radius 2 is 2.20 bits per heavy atom. The van der Waals surface area contributed by atoms with E-state index in [0.29, 0.717) is 0 Å². The number of rotatable bonds is 3. The van der Waals surface area contributed by atoms with Crippen LogP contribution in [-0.4, -0.2) is 16.1 Å². The molecule has 0 aliphatic heterocycles.